The highest BCUT2D eigenvalue weighted by atomic mass is 16.2. The van der Waals surface area contributed by atoms with Crippen molar-refractivity contribution in [3.05, 3.63) is 35.4 Å². The quantitative estimate of drug-likeness (QED) is 0.641. The Kier molecular flexibility index (Phi) is 7.88. The minimum atomic E-state index is -0.105. The summed E-state index contributed by atoms with van der Waals surface area (Å²) < 4.78 is 0. The molecule has 6 heteroatoms. The molecule has 0 spiro atoms. The first-order valence-corrected chi connectivity index (χ1v) is 11.4. The standard InChI is InChI=1S/C24H35N3O3/c1-16(2)26-24(30)20-8-5-9-21(14-20)27-23(29)19-12-10-17(11-13-19)15-25-22(28)18-6-3-4-7-18/h10-13,16,18,20-21H,3-9,14-15H2,1-2H3,(H,25,28)(H,26,30)(H,27,29). The van der Waals surface area contributed by atoms with Gasteiger partial charge in [0.15, 0.2) is 0 Å². The van der Waals surface area contributed by atoms with E-state index in [-0.39, 0.29) is 41.6 Å². The summed E-state index contributed by atoms with van der Waals surface area (Å²) in [5.74, 6) is 0.261. The highest BCUT2D eigenvalue weighted by Gasteiger charge is 2.28. The van der Waals surface area contributed by atoms with Gasteiger partial charge in [0.2, 0.25) is 11.8 Å². The molecule has 0 bridgehead atoms. The van der Waals surface area contributed by atoms with E-state index in [0.717, 1.165) is 50.5 Å². The second-order valence-electron chi connectivity index (χ2n) is 9.09. The number of benzene rings is 1. The monoisotopic (exact) mass is 413 g/mol. The van der Waals surface area contributed by atoms with Crippen molar-refractivity contribution in [3.8, 4) is 0 Å². The molecule has 3 rings (SSSR count). The van der Waals surface area contributed by atoms with Crippen molar-refractivity contribution < 1.29 is 14.4 Å². The first-order valence-electron chi connectivity index (χ1n) is 11.4. The molecular formula is C24H35N3O3. The van der Waals surface area contributed by atoms with Crippen LogP contribution in [0.3, 0.4) is 0 Å². The lowest BCUT2D eigenvalue weighted by molar-refractivity contribution is -0.127. The van der Waals surface area contributed by atoms with E-state index in [1.165, 1.54) is 0 Å². The van der Waals surface area contributed by atoms with Gasteiger partial charge in [-0.05, 0) is 63.6 Å². The third-order valence-electron chi connectivity index (χ3n) is 6.22. The summed E-state index contributed by atoms with van der Waals surface area (Å²) in [7, 11) is 0. The maximum absolute atomic E-state index is 12.6. The fourth-order valence-corrected chi connectivity index (χ4v) is 4.53. The van der Waals surface area contributed by atoms with E-state index in [2.05, 4.69) is 16.0 Å². The third kappa shape index (κ3) is 6.31. The zero-order valence-corrected chi connectivity index (χ0v) is 18.2. The van der Waals surface area contributed by atoms with Gasteiger partial charge in [0, 0.05) is 36.0 Å². The van der Waals surface area contributed by atoms with E-state index < -0.39 is 0 Å². The minimum absolute atomic E-state index is 0.0274. The number of rotatable bonds is 7. The average molecular weight is 414 g/mol. The molecule has 6 nitrogen and oxygen atoms in total. The van der Waals surface area contributed by atoms with Crippen LogP contribution < -0.4 is 16.0 Å². The fraction of sp³-hybridized carbons (Fsp3) is 0.625. The molecule has 2 saturated carbocycles. The Morgan fingerprint density at radius 2 is 1.57 bits per heavy atom. The Balaban J connectivity index is 1.47. The zero-order valence-electron chi connectivity index (χ0n) is 18.2. The Bertz CT molecular complexity index is 739. The SMILES string of the molecule is CC(C)NC(=O)C1CCCC(NC(=O)c2ccc(CNC(=O)C3CCCC3)cc2)C1. The van der Waals surface area contributed by atoms with Crippen LogP contribution in [0.2, 0.25) is 0 Å². The summed E-state index contributed by atoms with van der Waals surface area (Å²) in [6, 6.07) is 7.55. The molecule has 30 heavy (non-hydrogen) atoms. The van der Waals surface area contributed by atoms with E-state index in [1.807, 2.05) is 26.0 Å². The Morgan fingerprint density at radius 1 is 0.900 bits per heavy atom. The first-order chi connectivity index (χ1) is 14.4. The van der Waals surface area contributed by atoms with Crippen molar-refractivity contribution in [1.29, 1.82) is 0 Å². The van der Waals surface area contributed by atoms with Crippen LogP contribution in [0.15, 0.2) is 24.3 Å². The topological polar surface area (TPSA) is 87.3 Å². The lowest BCUT2D eigenvalue weighted by atomic mass is 9.85. The maximum Gasteiger partial charge on any atom is 0.251 e. The summed E-state index contributed by atoms with van der Waals surface area (Å²) >= 11 is 0. The Labute approximate surface area is 179 Å². The number of hydrogen-bond acceptors (Lipinski definition) is 3. The van der Waals surface area contributed by atoms with Crippen LogP contribution in [0.1, 0.15) is 81.1 Å². The van der Waals surface area contributed by atoms with Gasteiger partial charge in [-0.15, -0.1) is 0 Å². The molecule has 2 unspecified atom stereocenters. The second-order valence-corrected chi connectivity index (χ2v) is 9.09. The van der Waals surface area contributed by atoms with Gasteiger partial charge < -0.3 is 16.0 Å². The summed E-state index contributed by atoms with van der Waals surface area (Å²) in [5, 5.41) is 9.08. The first kappa shape index (κ1) is 22.3. The molecule has 2 fully saturated rings. The Morgan fingerprint density at radius 3 is 2.23 bits per heavy atom. The highest BCUT2D eigenvalue weighted by Crippen LogP contribution is 2.26. The van der Waals surface area contributed by atoms with E-state index >= 15 is 0 Å². The molecule has 0 aliphatic heterocycles. The molecule has 0 radical (unpaired) electrons. The summed E-state index contributed by atoms with van der Waals surface area (Å²) in [6.45, 7) is 4.42. The third-order valence-corrected chi connectivity index (χ3v) is 6.22. The molecule has 1 aromatic rings. The predicted octanol–water partition coefficient (Wildman–Crippen LogP) is 3.31. The molecule has 0 saturated heterocycles. The molecule has 3 amide bonds. The van der Waals surface area contributed by atoms with Crippen LogP contribution in [0.5, 0.6) is 0 Å². The molecule has 2 aliphatic carbocycles. The van der Waals surface area contributed by atoms with E-state index in [1.54, 1.807) is 12.1 Å². The van der Waals surface area contributed by atoms with Crippen molar-refractivity contribution in [2.75, 3.05) is 0 Å². The second kappa shape index (κ2) is 10.6. The minimum Gasteiger partial charge on any atom is -0.354 e. The smallest absolute Gasteiger partial charge is 0.251 e. The molecule has 0 aromatic heterocycles. The van der Waals surface area contributed by atoms with Crippen molar-refractivity contribution in [3.63, 3.8) is 0 Å². The normalized spacial score (nSPS) is 22.0. The van der Waals surface area contributed by atoms with Gasteiger partial charge in [-0.3, -0.25) is 14.4 Å². The van der Waals surface area contributed by atoms with Crippen LogP contribution in [0, 0.1) is 11.8 Å². The lowest BCUT2D eigenvalue weighted by Gasteiger charge is -2.29. The fourth-order valence-electron chi connectivity index (χ4n) is 4.53. The summed E-state index contributed by atoms with van der Waals surface area (Å²) in [5.41, 5.74) is 1.59. The van der Waals surface area contributed by atoms with Crippen LogP contribution in [-0.2, 0) is 16.1 Å². The van der Waals surface area contributed by atoms with Gasteiger partial charge in [-0.2, -0.15) is 0 Å². The van der Waals surface area contributed by atoms with Gasteiger partial charge >= 0.3 is 0 Å². The van der Waals surface area contributed by atoms with Gasteiger partial charge in [-0.1, -0.05) is 31.4 Å². The number of hydrogen-bond donors (Lipinski definition) is 3. The highest BCUT2D eigenvalue weighted by molar-refractivity contribution is 5.94. The van der Waals surface area contributed by atoms with Gasteiger partial charge in [0.05, 0.1) is 0 Å². The van der Waals surface area contributed by atoms with Crippen LogP contribution >= 0.6 is 0 Å². The van der Waals surface area contributed by atoms with Crippen molar-refractivity contribution >= 4 is 17.7 Å². The molecule has 164 valence electrons. The molecular weight excluding hydrogens is 378 g/mol. The van der Waals surface area contributed by atoms with Crippen molar-refractivity contribution in [2.45, 2.75) is 83.8 Å². The van der Waals surface area contributed by atoms with Crippen LogP contribution in [-0.4, -0.2) is 29.8 Å². The zero-order chi connectivity index (χ0) is 21.5. The summed E-state index contributed by atoms with van der Waals surface area (Å²) in [6.07, 6.45) is 7.70. The molecule has 2 atom stereocenters. The largest absolute Gasteiger partial charge is 0.354 e. The van der Waals surface area contributed by atoms with Crippen LogP contribution in [0.25, 0.3) is 0 Å². The molecule has 2 aliphatic rings. The van der Waals surface area contributed by atoms with Gasteiger partial charge in [-0.25, -0.2) is 0 Å². The van der Waals surface area contributed by atoms with E-state index in [0.29, 0.717) is 18.5 Å². The van der Waals surface area contributed by atoms with Gasteiger partial charge in [0.25, 0.3) is 5.91 Å². The van der Waals surface area contributed by atoms with Crippen molar-refractivity contribution in [2.24, 2.45) is 11.8 Å². The molecule has 0 heterocycles. The van der Waals surface area contributed by atoms with Crippen molar-refractivity contribution in [1.82, 2.24) is 16.0 Å². The number of nitrogens with one attached hydrogen (secondary N) is 3. The summed E-state index contributed by atoms with van der Waals surface area (Å²) in [4.78, 5) is 37.1. The average Bonchev–Trinajstić information content (AvgIpc) is 3.27. The lowest BCUT2D eigenvalue weighted by Crippen LogP contribution is -2.43. The maximum atomic E-state index is 12.6. The molecule has 3 N–H and O–H groups in total. The number of carbonyl (C=O) groups excluding carboxylic acids is 3. The number of amides is 3. The van der Waals surface area contributed by atoms with Gasteiger partial charge in [0.1, 0.15) is 0 Å². The Hall–Kier alpha value is -2.37. The van der Waals surface area contributed by atoms with E-state index in [9.17, 15) is 14.4 Å². The van der Waals surface area contributed by atoms with Crippen LogP contribution in [0.4, 0.5) is 0 Å². The predicted molar refractivity (Wildman–Crippen MR) is 117 cm³/mol. The van der Waals surface area contributed by atoms with E-state index in [4.69, 9.17) is 0 Å². The number of carbonyl (C=O) groups is 3. The molecule has 1 aromatic carbocycles.